The van der Waals surface area contributed by atoms with Crippen LogP contribution in [0, 0.1) is 5.92 Å². The zero-order valence-corrected chi connectivity index (χ0v) is 13.4. The standard InChI is InChI=1S/C15H21ClN2O3/c1-4-11(5-2)9-18(10-14(19)21-3)15(20)12-8-17-7-6-13(12)16/h6-8,11H,4-5,9-10H2,1-3H3. The minimum atomic E-state index is -0.450. The number of hydrogen-bond donors (Lipinski definition) is 0. The molecule has 0 bridgehead atoms. The molecule has 1 heterocycles. The molecule has 0 aliphatic heterocycles. The van der Waals surface area contributed by atoms with E-state index in [0.717, 1.165) is 12.8 Å². The van der Waals surface area contributed by atoms with Crippen molar-refractivity contribution in [2.24, 2.45) is 5.92 Å². The molecular formula is C15H21ClN2O3. The quantitative estimate of drug-likeness (QED) is 0.726. The van der Waals surface area contributed by atoms with Crippen LogP contribution in [0.15, 0.2) is 18.5 Å². The number of methoxy groups -OCH3 is 1. The van der Waals surface area contributed by atoms with Crippen LogP contribution in [0.5, 0.6) is 0 Å². The first kappa shape index (κ1) is 17.4. The van der Waals surface area contributed by atoms with Gasteiger partial charge in [-0.3, -0.25) is 14.6 Å². The maximum absolute atomic E-state index is 12.6. The summed E-state index contributed by atoms with van der Waals surface area (Å²) in [5.74, 6) is -0.422. The lowest BCUT2D eigenvalue weighted by atomic mass is 10.0. The number of hydrogen-bond acceptors (Lipinski definition) is 4. The Balaban J connectivity index is 2.96. The summed E-state index contributed by atoms with van der Waals surface area (Å²) in [6.07, 6.45) is 4.80. The van der Waals surface area contributed by atoms with Crippen LogP contribution in [-0.4, -0.2) is 42.0 Å². The highest BCUT2D eigenvalue weighted by Crippen LogP contribution is 2.18. The van der Waals surface area contributed by atoms with Crippen LogP contribution in [-0.2, 0) is 9.53 Å². The van der Waals surface area contributed by atoms with E-state index in [4.69, 9.17) is 11.6 Å². The first-order valence-electron chi connectivity index (χ1n) is 6.99. The number of carbonyl (C=O) groups excluding carboxylic acids is 2. The highest BCUT2D eigenvalue weighted by atomic mass is 35.5. The van der Waals surface area contributed by atoms with Gasteiger partial charge in [-0.05, 0) is 12.0 Å². The summed E-state index contributed by atoms with van der Waals surface area (Å²) in [4.78, 5) is 29.5. The van der Waals surface area contributed by atoms with Crippen LogP contribution < -0.4 is 0 Å². The summed E-state index contributed by atoms with van der Waals surface area (Å²) < 4.78 is 4.66. The molecule has 1 rings (SSSR count). The van der Waals surface area contributed by atoms with E-state index in [2.05, 4.69) is 23.6 Å². The third-order valence-electron chi connectivity index (χ3n) is 3.47. The average Bonchev–Trinajstić information content (AvgIpc) is 2.50. The number of rotatable bonds is 7. The molecule has 21 heavy (non-hydrogen) atoms. The number of amides is 1. The van der Waals surface area contributed by atoms with Gasteiger partial charge in [-0.25, -0.2) is 0 Å². The van der Waals surface area contributed by atoms with Gasteiger partial charge in [0.05, 0.1) is 17.7 Å². The number of carbonyl (C=O) groups is 2. The lowest BCUT2D eigenvalue weighted by Crippen LogP contribution is -2.39. The molecule has 0 atom stereocenters. The number of ether oxygens (including phenoxy) is 1. The van der Waals surface area contributed by atoms with Crippen LogP contribution in [0.3, 0.4) is 0 Å². The van der Waals surface area contributed by atoms with E-state index in [1.807, 2.05) is 0 Å². The summed E-state index contributed by atoms with van der Waals surface area (Å²) in [6.45, 7) is 4.53. The van der Waals surface area contributed by atoms with Crippen molar-refractivity contribution < 1.29 is 14.3 Å². The van der Waals surface area contributed by atoms with E-state index in [0.29, 0.717) is 23.0 Å². The van der Waals surface area contributed by atoms with E-state index in [1.165, 1.54) is 24.4 Å². The Morgan fingerprint density at radius 3 is 2.57 bits per heavy atom. The van der Waals surface area contributed by atoms with E-state index >= 15 is 0 Å². The summed E-state index contributed by atoms with van der Waals surface area (Å²) >= 11 is 6.03. The molecule has 0 aliphatic rings. The second-order valence-corrected chi connectivity index (χ2v) is 5.21. The van der Waals surface area contributed by atoms with Gasteiger partial charge >= 0.3 is 5.97 Å². The van der Waals surface area contributed by atoms with Crippen LogP contribution in [0.4, 0.5) is 0 Å². The lowest BCUT2D eigenvalue weighted by Gasteiger charge is -2.26. The Labute approximate surface area is 130 Å². The maximum Gasteiger partial charge on any atom is 0.325 e. The highest BCUT2D eigenvalue weighted by molar-refractivity contribution is 6.33. The van der Waals surface area contributed by atoms with Gasteiger partial charge < -0.3 is 9.64 Å². The van der Waals surface area contributed by atoms with Crippen molar-refractivity contribution in [3.05, 3.63) is 29.0 Å². The van der Waals surface area contributed by atoms with E-state index < -0.39 is 5.97 Å². The molecule has 0 fully saturated rings. The zero-order valence-electron chi connectivity index (χ0n) is 12.6. The third-order valence-corrected chi connectivity index (χ3v) is 3.80. The molecule has 0 spiro atoms. The Morgan fingerprint density at radius 2 is 2.05 bits per heavy atom. The van der Waals surface area contributed by atoms with Gasteiger partial charge in [0.25, 0.3) is 5.91 Å². The van der Waals surface area contributed by atoms with E-state index in [-0.39, 0.29) is 12.5 Å². The van der Waals surface area contributed by atoms with Gasteiger partial charge in [-0.2, -0.15) is 0 Å². The number of pyridine rings is 1. The fraction of sp³-hybridized carbons (Fsp3) is 0.533. The maximum atomic E-state index is 12.6. The molecule has 6 heteroatoms. The zero-order chi connectivity index (χ0) is 15.8. The molecule has 0 aliphatic carbocycles. The molecule has 0 radical (unpaired) electrons. The monoisotopic (exact) mass is 312 g/mol. The molecular weight excluding hydrogens is 292 g/mol. The molecule has 0 saturated heterocycles. The summed E-state index contributed by atoms with van der Waals surface area (Å²) in [5.41, 5.74) is 0.300. The van der Waals surface area contributed by atoms with Gasteiger partial charge in [-0.1, -0.05) is 38.3 Å². The smallest absolute Gasteiger partial charge is 0.325 e. The minimum absolute atomic E-state index is 0.0863. The van der Waals surface area contributed by atoms with Crippen molar-refractivity contribution in [3.8, 4) is 0 Å². The summed E-state index contributed by atoms with van der Waals surface area (Å²) in [7, 11) is 1.30. The van der Waals surface area contributed by atoms with Crippen molar-refractivity contribution >= 4 is 23.5 Å². The van der Waals surface area contributed by atoms with Gasteiger partial charge in [0, 0.05) is 18.9 Å². The predicted molar refractivity (Wildman–Crippen MR) is 81.2 cm³/mol. The topological polar surface area (TPSA) is 59.5 Å². The first-order chi connectivity index (χ1) is 10.0. The average molecular weight is 313 g/mol. The molecule has 0 aromatic carbocycles. The Hall–Kier alpha value is -1.62. The second kappa shape index (κ2) is 8.62. The van der Waals surface area contributed by atoms with Crippen molar-refractivity contribution in [1.82, 2.24) is 9.88 Å². The van der Waals surface area contributed by atoms with Crippen LogP contribution in [0.1, 0.15) is 37.0 Å². The number of nitrogens with zero attached hydrogens (tertiary/aromatic N) is 2. The van der Waals surface area contributed by atoms with Crippen LogP contribution in [0.2, 0.25) is 5.02 Å². The number of halogens is 1. The fourth-order valence-electron chi connectivity index (χ4n) is 2.00. The van der Waals surface area contributed by atoms with Crippen LogP contribution in [0.25, 0.3) is 0 Å². The van der Waals surface area contributed by atoms with Crippen LogP contribution >= 0.6 is 11.6 Å². The molecule has 1 amide bonds. The van der Waals surface area contributed by atoms with E-state index in [9.17, 15) is 9.59 Å². The van der Waals surface area contributed by atoms with Crippen molar-refractivity contribution in [2.75, 3.05) is 20.2 Å². The Morgan fingerprint density at radius 1 is 1.38 bits per heavy atom. The fourth-order valence-corrected chi connectivity index (χ4v) is 2.19. The molecule has 5 nitrogen and oxygen atoms in total. The number of aromatic nitrogens is 1. The molecule has 1 aromatic heterocycles. The van der Waals surface area contributed by atoms with E-state index in [1.54, 1.807) is 6.07 Å². The van der Waals surface area contributed by atoms with Crippen molar-refractivity contribution in [1.29, 1.82) is 0 Å². The third kappa shape index (κ3) is 5.01. The lowest BCUT2D eigenvalue weighted by molar-refractivity contribution is -0.141. The molecule has 0 saturated carbocycles. The van der Waals surface area contributed by atoms with Gasteiger partial charge in [-0.15, -0.1) is 0 Å². The Bertz CT molecular complexity index is 490. The minimum Gasteiger partial charge on any atom is -0.468 e. The van der Waals surface area contributed by atoms with Gasteiger partial charge in [0.15, 0.2) is 0 Å². The molecule has 116 valence electrons. The molecule has 0 N–H and O–H groups in total. The normalized spacial score (nSPS) is 10.5. The summed E-state index contributed by atoms with van der Waals surface area (Å²) in [6, 6.07) is 1.56. The molecule has 1 aromatic rings. The largest absolute Gasteiger partial charge is 0.468 e. The van der Waals surface area contributed by atoms with Gasteiger partial charge in [0.2, 0.25) is 0 Å². The SMILES string of the molecule is CCC(CC)CN(CC(=O)OC)C(=O)c1cnccc1Cl. The Kier molecular flexibility index (Phi) is 7.15. The first-order valence-corrected chi connectivity index (χ1v) is 7.36. The van der Waals surface area contributed by atoms with Crippen molar-refractivity contribution in [3.63, 3.8) is 0 Å². The summed E-state index contributed by atoms with van der Waals surface area (Å²) in [5, 5.41) is 0.328. The van der Waals surface area contributed by atoms with Gasteiger partial charge in [0.1, 0.15) is 6.54 Å². The number of esters is 1. The predicted octanol–water partition coefficient (Wildman–Crippen LogP) is 2.79. The highest BCUT2D eigenvalue weighted by Gasteiger charge is 2.23. The second-order valence-electron chi connectivity index (χ2n) is 4.80. The molecule has 0 unspecified atom stereocenters. The van der Waals surface area contributed by atoms with Crippen molar-refractivity contribution in [2.45, 2.75) is 26.7 Å².